The summed E-state index contributed by atoms with van der Waals surface area (Å²) in [5.74, 6) is -2.69. The van der Waals surface area contributed by atoms with Crippen molar-refractivity contribution in [3.8, 4) is 0 Å². The van der Waals surface area contributed by atoms with Crippen molar-refractivity contribution in [2.75, 3.05) is 10.0 Å². The van der Waals surface area contributed by atoms with Gasteiger partial charge in [-0.2, -0.15) is 0 Å². The summed E-state index contributed by atoms with van der Waals surface area (Å²) in [7, 11) is -4.10. The number of fused-ring (bicyclic) bond motifs is 1. The molecule has 31 heavy (non-hydrogen) atoms. The average Bonchev–Trinajstić information content (AvgIpc) is 3.07. The largest absolute Gasteiger partial charge is 0.358 e. The number of benzene rings is 3. The molecule has 0 aliphatic heterocycles. The zero-order valence-corrected chi connectivity index (χ0v) is 17.1. The highest BCUT2D eigenvalue weighted by Gasteiger charge is 2.18. The Labute approximate surface area is 177 Å². The minimum absolute atomic E-state index is 0.200. The van der Waals surface area contributed by atoms with Gasteiger partial charge in [-0.05, 0) is 55.5 Å². The first-order valence-corrected chi connectivity index (χ1v) is 10.7. The van der Waals surface area contributed by atoms with E-state index in [9.17, 15) is 22.0 Å². The molecule has 0 fully saturated rings. The molecule has 4 aromatic rings. The number of sulfonamides is 1. The molecule has 0 aliphatic carbocycles. The van der Waals surface area contributed by atoms with Crippen molar-refractivity contribution in [3.05, 3.63) is 89.6 Å². The summed E-state index contributed by atoms with van der Waals surface area (Å²) in [6.07, 6.45) is 0. The highest BCUT2D eigenvalue weighted by molar-refractivity contribution is 7.92. The lowest BCUT2D eigenvalue weighted by molar-refractivity contribution is 0.102. The molecular weight excluding hydrogens is 424 g/mol. The number of halogens is 2. The van der Waals surface area contributed by atoms with Crippen LogP contribution in [0, 0.1) is 18.6 Å². The number of anilines is 2. The maximum absolute atomic E-state index is 13.4. The third kappa shape index (κ3) is 4.13. The molecule has 0 unspecified atom stereocenters. The molecule has 158 valence electrons. The molecule has 6 nitrogen and oxygen atoms in total. The standard InChI is InChI=1S/C22H17F2N3O3S/c1-13-21(17-4-2-3-5-20(17)25-13)22(28)26-14-6-8-15(9-7-14)27-31(29,30)16-10-11-18(23)19(24)12-16/h2-12,25,27H,1H3,(H,26,28). The van der Waals surface area contributed by atoms with Crippen LogP contribution in [0.5, 0.6) is 0 Å². The molecule has 3 aromatic carbocycles. The van der Waals surface area contributed by atoms with Crippen molar-refractivity contribution >= 4 is 38.2 Å². The first-order chi connectivity index (χ1) is 14.7. The van der Waals surface area contributed by atoms with Crippen LogP contribution in [0.3, 0.4) is 0 Å². The number of para-hydroxylation sites is 1. The fourth-order valence-corrected chi connectivity index (χ4v) is 4.31. The molecule has 0 saturated carbocycles. The first-order valence-electron chi connectivity index (χ1n) is 9.21. The Morgan fingerprint density at radius 2 is 1.58 bits per heavy atom. The number of aromatic amines is 1. The number of hydrogen-bond donors (Lipinski definition) is 3. The van der Waals surface area contributed by atoms with Crippen molar-refractivity contribution in [1.29, 1.82) is 0 Å². The van der Waals surface area contributed by atoms with E-state index in [2.05, 4.69) is 15.0 Å². The average molecular weight is 441 g/mol. The van der Waals surface area contributed by atoms with Crippen molar-refractivity contribution < 1.29 is 22.0 Å². The van der Waals surface area contributed by atoms with E-state index < -0.39 is 26.6 Å². The predicted molar refractivity (Wildman–Crippen MR) is 115 cm³/mol. The lowest BCUT2D eigenvalue weighted by Crippen LogP contribution is -2.14. The van der Waals surface area contributed by atoms with Gasteiger partial charge in [-0.15, -0.1) is 0 Å². The molecule has 0 aliphatic rings. The van der Waals surface area contributed by atoms with E-state index in [0.29, 0.717) is 17.3 Å². The molecule has 4 rings (SSSR count). The molecule has 0 bridgehead atoms. The van der Waals surface area contributed by atoms with Crippen molar-refractivity contribution in [2.45, 2.75) is 11.8 Å². The smallest absolute Gasteiger partial charge is 0.261 e. The van der Waals surface area contributed by atoms with Crippen LogP contribution in [0.15, 0.2) is 71.6 Å². The Bertz CT molecular complexity index is 1400. The number of H-pyrrole nitrogens is 1. The van der Waals surface area contributed by atoms with Gasteiger partial charge >= 0.3 is 0 Å². The fraction of sp³-hybridized carbons (Fsp3) is 0.0455. The van der Waals surface area contributed by atoms with Crippen molar-refractivity contribution in [3.63, 3.8) is 0 Å². The highest BCUT2D eigenvalue weighted by Crippen LogP contribution is 2.24. The summed E-state index contributed by atoms with van der Waals surface area (Å²) in [5, 5.41) is 3.58. The second-order valence-electron chi connectivity index (χ2n) is 6.88. The number of carbonyl (C=O) groups is 1. The van der Waals surface area contributed by atoms with Gasteiger partial charge in [0.15, 0.2) is 11.6 Å². The molecule has 1 aromatic heterocycles. The number of carbonyl (C=O) groups excluding carboxylic acids is 1. The Kier molecular flexibility index (Phi) is 5.20. The SMILES string of the molecule is Cc1[nH]c2ccccc2c1C(=O)Nc1ccc(NS(=O)(=O)c2ccc(F)c(F)c2)cc1. The van der Waals surface area contributed by atoms with Crippen molar-refractivity contribution in [2.24, 2.45) is 0 Å². The molecule has 9 heteroatoms. The van der Waals surface area contributed by atoms with E-state index in [-0.39, 0.29) is 11.6 Å². The second-order valence-corrected chi connectivity index (χ2v) is 8.57. The topological polar surface area (TPSA) is 91.1 Å². The molecule has 0 radical (unpaired) electrons. The number of aromatic nitrogens is 1. The predicted octanol–water partition coefficient (Wildman–Crippen LogP) is 4.81. The van der Waals surface area contributed by atoms with Crippen LogP contribution in [0.4, 0.5) is 20.2 Å². The van der Waals surface area contributed by atoms with Crippen LogP contribution in [-0.4, -0.2) is 19.3 Å². The van der Waals surface area contributed by atoms with Gasteiger partial charge in [-0.25, -0.2) is 17.2 Å². The summed E-state index contributed by atoms with van der Waals surface area (Å²) >= 11 is 0. The minimum atomic E-state index is -4.10. The highest BCUT2D eigenvalue weighted by atomic mass is 32.2. The minimum Gasteiger partial charge on any atom is -0.358 e. The number of nitrogens with one attached hydrogen (secondary N) is 3. The van der Waals surface area contributed by atoms with Gasteiger partial charge in [0.25, 0.3) is 15.9 Å². The molecule has 1 amide bonds. The number of amides is 1. The second kappa shape index (κ2) is 7.84. The summed E-state index contributed by atoms with van der Waals surface area (Å²) in [6.45, 7) is 1.81. The van der Waals surface area contributed by atoms with E-state index in [0.717, 1.165) is 28.7 Å². The van der Waals surface area contributed by atoms with Crippen LogP contribution < -0.4 is 10.0 Å². The molecule has 0 spiro atoms. The lowest BCUT2D eigenvalue weighted by atomic mass is 10.1. The zero-order valence-electron chi connectivity index (χ0n) is 16.2. The van der Waals surface area contributed by atoms with Crippen LogP contribution >= 0.6 is 0 Å². The lowest BCUT2D eigenvalue weighted by Gasteiger charge is -2.10. The van der Waals surface area contributed by atoms with E-state index in [1.54, 1.807) is 0 Å². The van der Waals surface area contributed by atoms with Gasteiger partial charge in [0, 0.05) is 28.0 Å². The Balaban J connectivity index is 1.51. The fourth-order valence-electron chi connectivity index (χ4n) is 3.24. The Morgan fingerprint density at radius 1 is 0.903 bits per heavy atom. The summed E-state index contributed by atoms with van der Waals surface area (Å²) in [4.78, 5) is 15.5. The van der Waals surface area contributed by atoms with E-state index >= 15 is 0 Å². The van der Waals surface area contributed by atoms with Crippen LogP contribution in [0.25, 0.3) is 10.9 Å². The molecule has 0 saturated heterocycles. The Morgan fingerprint density at radius 3 is 2.29 bits per heavy atom. The maximum Gasteiger partial charge on any atom is 0.261 e. The van der Waals surface area contributed by atoms with E-state index in [4.69, 9.17) is 0 Å². The maximum atomic E-state index is 13.4. The first kappa shape index (κ1) is 20.5. The van der Waals surface area contributed by atoms with E-state index in [1.807, 2.05) is 31.2 Å². The van der Waals surface area contributed by atoms with Gasteiger partial charge in [0.2, 0.25) is 0 Å². The Hall–Kier alpha value is -3.72. The van der Waals surface area contributed by atoms with Gasteiger partial charge in [-0.1, -0.05) is 18.2 Å². The summed E-state index contributed by atoms with van der Waals surface area (Å²) < 4.78 is 53.4. The molecule has 1 heterocycles. The van der Waals surface area contributed by atoms with Gasteiger partial charge < -0.3 is 10.3 Å². The third-order valence-corrected chi connectivity index (χ3v) is 6.10. The number of hydrogen-bond acceptors (Lipinski definition) is 3. The quantitative estimate of drug-likeness (QED) is 0.415. The summed E-state index contributed by atoms with van der Waals surface area (Å²) in [6, 6.07) is 15.8. The van der Waals surface area contributed by atoms with Gasteiger partial charge in [0.05, 0.1) is 10.5 Å². The molecule has 0 atom stereocenters. The number of aryl methyl sites for hydroxylation is 1. The zero-order chi connectivity index (χ0) is 22.2. The third-order valence-electron chi connectivity index (χ3n) is 4.72. The summed E-state index contributed by atoms with van der Waals surface area (Å²) in [5.41, 5.74) is 2.77. The molecular formula is C22H17F2N3O3S. The normalized spacial score (nSPS) is 11.5. The van der Waals surface area contributed by atoms with Crippen molar-refractivity contribution in [1.82, 2.24) is 4.98 Å². The van der Waals surface area contributed by atoms with E-state index in [1.165, 1.54) is 24.3 Å². The molecule has 3 N–H and O–H groups in total. The van der Waals surface area contributed by atoms with Gasteiger partial charge in [-0.3, -0.25) is 9.52 Å². The van der Waals surface area contributed by atoms with Gasteiger partial charge in [0.1, 0.15) is 0 Å². The monoisotopic (exact) mass is 441 g/mol. The van der Waals surface area contributed by atoms with Crippen LogP contribution in [-0.2, 0) is 10.0 Å². The number of rotatable bonds is 5. The van der Waals surface area contributed by atoms with Crippen LogP contribution in [0.1, 0.15) is 16.1 Å². The van der Waals surface area contributed by atoms with Crippen LogP contribution in [0.2, 0.25) is 0 Å².